The Morgan fingerprint density at radius 1 is 1.53 bits per heavy atom. The molecule has 0 amide bonds. The Kier molecular flexibility index (Phi) is 3.75. The lowest BCUT2D eigenvalue weighted by Crippen LogP contribution is -2.33. The zero-order valence-corrected chi connectivity index (χ0v) is 12.1. The lowest BCUT2D eigenvalue weighted by atomic mass is 9.93. The maximum atomic E-state index is 11.5. The molecule has 2 rings (SSSR count). The summed E-state index contributed by atoms with van der Waals surface area (Å²) in [6, 6.07) is 3.56. The third-order valence-electron chi connectivity index (χ3n) is 2.65. The van der Waals surface area contributed by atoms with Gasteiger partial charge in [0.25, 0.3) is 0 Å². The predicted octanol–water partition coefficient (Wildman–Crippen LogP) is 2.43. The third-order valence-corrected chi connectivity index (χ3v) is 3.69. The number of fused-ring (bicyclic) bond motifs is 1. The number of esters is 1. The number of methoxy groups -OCH3 is 1. The van der Waals surface area contributed by atoms with Crippen molar-refractivity contribution in [2.24, 2.45) is 5.92 Å². The largest absolute Gasteiger partial charge is 0.491 e. The van der Waals surface area contributed by atoms with Gasteiger partial charge in [-0.3, -0.25) is 4.79 Å². The summed E-state index contributed by atoms with van der Waals surface area (Å²) < 4.78 is 11.7. The molecule has 6 heteroatoms. The maximum Gasteiger partial charge on any atom is 0.315 e. The van der Waals surface area contributed by atoms with Crippen LogP contribution in [0.15, 0.2) is 21.1 Å². The van der Waals surface area contributed by atoms with Gasteiger partial charge in [0.05, 0.1) is 17.7 Å². The smallest absolute Gasteiger partial charge is 0.315 e. The van der Waals surface area contributed by atoms with Crippen LogP contribution in [0, 0.1) is 5.92 Å². The molecule has 0 fully saturated rings. The van der Waals surface area contributed by atoms with Crippen molar-refractivity contribution in [3.8, 4) is 5.75 Å². The van der Waals surface area contributed by atoms with Gasteiger partial charge in [-0.2, -0.15) is 0 Å². The van der Waals surface area contributed by atoms with Crippen LogP contribution >= 0.6 is 31.9 Å². The third kappa shape index (κ3) is 2.34. The minimum absolute atomic E-state index is 0.112. The molecular formula is C11H10Br2O4. The number of carbonyl (C=O) groups excluding carboxylic acids is 1. The minimum Gasteiger partial charge on any atom is -0.491 e. The molecule has 4 nitrogen and oxygen atoms in total. The van der Waals surface area contributed by atoms with Crippen molar-refractivity contribution in [3.63, 3.8) is 0 Å². The van der Waals surface area contributed by atoms with Gasteiger partial charge in [-0.05, 0) is 28.1 Å². The number of ether oxygens (including phenoxy) is 2. The number of aliphatic hydroxyl groups excluding tert-OH is 1. The van der Waals surface area contributed by atoms with E-state index in [0.717, 1.165) is 8.95 Å². The van der Waals surface area contributed by atoms with Crippen LogP contribution in [0.1, 0.15) is 11.7 Å². The molecule has 1 heterocycles. The number of hydrogen-bond acceptors (Lipinski definition) is 4. The van der Waals surface area contributed by atoms with E-state index in [2.05, 4.69) is 36.6 Å². The van der Waals surface area contributed by atoms with E-state index in [9.17, 15) is 9.90 Å². The standard InChI is InChI=1S/C11H10Br2O4/c1-16-11(15)7-4-17-10-6(9(7)14)2-5(12)3-8(10)13/h2-3,7,9,14H,4H2,1H3. The molecule has 1 aromatic carbocycles. The van der Waals surface area contributed by atoms with E-state index >= 15 is 0 Å². The molecule has 17 heavy (non-hydrogen) atoms. The van der Waals surface area contributed by atoms with Crippen LogP contribution in [0.25, 0.3) is 0 Å². The Morgan fingerprint density at radius 3 is 2.88 bits per heavy atom. The molecule has 92 valence electrons. The highest BCUT2D eigenvalue weighted by Crippen LogP contribution is 2.42. The molecule has 1 aromatic rings. The van der Waals surface area contributed by atoms with E-state index in [1.807, 2.05) is 6.07 Å². The van der Waals surface area contributed by atoms with Crippen LogP contribution in [0.2, 0.25) is 0 Å². The van der Waals surface area contributed by atoms with Gasteiger partial charge in [0, 0.05) is 10.0 Å². The molecule has 0 aliphatic carbocycles. The van der Waals surface area contributed by atoms with Gasteiger partial charge in [0.1, 0.15) is 18.3 Å². The highest BCUT2D eigenvalue weighted by atomic mass is 79.9. The summed E-state index contributed by atoms with van der Waals surface area (Å²) in [6.45, 7) is 0.112. The highest BCUT2D eigenvalue weighted by molar-refractivity contribution is 9.11. The molecule has 0 bridgehead atoms. The van der Waals surface area contributed by atoms with E-state index in [-0.39, 0.29) is 6.61 Å². The summed E-state index contributed by atoms with van der Waals surface area (Å²) in [5.41, 5.74) is 0.577. The summed E-state index contributed by atoms with van der Waals surface area (Å²) in [5.74, 6) is -0.589. The van der Waals surface area contributed by atoms with Gasteiger partial charge in [-0.1, -0.05) is 15.9 Å². The lowest BCUT2D eigenvalue weighted by molar-refractivity contribution is -0.152. The van der Waals surface area contributed by atoms with Crippen LogP contribution in [-0.2, 0) is 9.53 Å². The van der Waals surface area contributed by atoms with Gasteiger partial charge in [0.15, 0.2) is 0 Å². The van der Waals surface area contributed by atoms with E-state index in [0.29, 0.717) is 11.3 Å². The van der Waals surface area contributed by atoms with Gasteiger partial charge in [0.2, 0.25) is 0 Å². The van der Waals surface area contributed by atoms with Gasteiger partial charge in [-0.25, -0.2) is 0 Å². The molecule has 0 aromatic heterocycles. The molecule has 1 aliphatic rings. The number of rotatable bonds is 1. The van der Waals surface area contributed by atoms with Gasteiger partial charge in [-0.15, -0.1) is 0 Å². The topological polar surface area (TPSA) is 55.8 Å². The van der Waals surface area contributed by atoms with Gasteiger partial charge < -0.3 is 14.6 Å². The Hall–Kier alpha value is -0.590. The zero-order chi connectivity index (χ0) is 12.6. The predicted molar refractivity (Wildman–Crippen MR) is 67.8 cm³/mol. The van der Waals surface area contributed by atoms with Crippen molar-refractivity contribution in [2.75, 3.05) is 13.7 Å². The van der Waals surface area contributed by atoms with E-state index in [1.165, 1.54) is 7.11 Å². The molecule has 0 spiro atoms. The highest BCUT2D eigenvalue weighted by Gasteiger charge is 2.36. The van der Waals surface area contributed by atoms with E-state index in [1.54, 1.807) is 6.07 Å². The Balaban J connectivity index is 2.41. The summed E-state index contributed by atoms with van der Waals surface area (Å²) in [4.78, 5) is 11.5. The van der Waals surface area contributed by atoms with Crippen molar-refractivity contribution in [2.45, 2.75) is 6.10 Å². The van der Waals surface area contributed by atoms with Crippen molar-refractivity contribution in [3.05, 3.63) is 26.6 Å². The average Bonchev–Trinajstić information content (AvgIpc) is 2.29. The molecule has 0 saturated carbocycles. The molecule has 2 unspecified atom stereocenters. The summed E-state index contributed by atoms with van der Waals surface area (Å²) in [6.07, 6.45) is -0.917. The monoisotopic (exact) mass is 364 g/mol. The van der Waals surface area contributed by atoms with Crippen molar-refractivity contribution in [1.29, 1.82) is 0 Å². The Bertz CT molecular complexity index is 461. The summed E-state index contributed by atoms with van der Waals surface area (Å²) >= 11 is 6.68. The first-order valence-electron chi connectivity index (χ1n) is 4.92. The van der Waals surface area contributed by atoms with Gasteiger partial charge >= 0.3 is 5.97 Å². The fraction of sp³-hybridized carbons (Fsp3) is 0.364. The molecule has 2 atom stereocenters. The minimum atomic E-state index is -0.917. The van der Waals surface area contributed by atoms with Crippen LogP contribution in [-0.4, -0.2) is 24.8 Å². The molecular weight excluding hydrogens is 356 g/mol. The Labute approximate surface area is 115 Å². The van der Waals surface area contributed by atoms with Crippen molar-refractivity contribution >= 4 is 37.8 Å². The number of halogens is 2. The molecule has 0 saturated heterocycles. The zero-order valence-electron chi connectivity index (χ0n) is 8.94. The molecule has 1 aliphatic heterocycles. The lowest BCUT2D eigenvalue weighted by Gasteiger charge is -2.29. The van der Waals surface area contributed by atoms with Crippen molar-refractivity contribution < 1.29 is 19.4 Å². The normalized spacial score (nSPS) is 22.6. The fourth-order valence-electron chi connectivity index (χ4n) is 1.78. The quantitative estimate of drug-likeness (QED) is 0.776. The average molecular weight is 366 g/mol. The van der Waals surface area contributed by atoms with Crippen molar-refractivity contribution in [1.82, 2.24) is 0 Å². The van der Waals surface area contributed by atoms with Crippen LogP contribution < -0.4 is 4.74 Å². The van der Waals surface area contributed by atoms with Crippen LogP contribution in [0.3, 0.4) is 0 Å². The maximum absolute atomic E-state index is 11.5. The summed E-state index contributed by atoms with van der Waals surface area (Å²) in [7, 11) is 1.29. The SMILES string of the molecule is COC(=O)C1COc2c(Br)cc(Br)cc2C1O. The Morgan fingerprint density at radius 2 is 2.24 bits per heavy atom. The number of hydrogen-bond donors (Lipinski definition) is 1. The number of carbonyl (C=O) groups is 1. The number of benzene rings is 1. The fourth-order valence-corrected chi connectivity index (χ4v) is 3.15. The van der Waals surface area contributed by atoms with Crippen LogP contribution in [0.4, 0.5) is 0 Å². The van der Waals surface area contributed by atoms with E-state index in [4.69, 9.17) is 4.74 Å². The summed E-state index contributed by atoms with van der Waals surface area (Å²) in [5, 5.41) is 10.1. The molecule has 1 N–H and O–H groups in total. The second-order valence-corrected chi connectivity index (χ2v) is 5.46. The number of aliphatic hydroxyl groups is 1. The first kappa shape index (κ1) is 12.9. The second-order valence-electron chi connectivity index (χ2n) is 3.69. The first-order valence-corrected chi connectivity index (χ1v) is 6.51. The van der Waals surface area contributed by atoms with E-state index < -0.39 is 18.0 Å². The second kappa shape index (κ2) is 4.96. The molecule has 0 radical (unpaired) electrons. The first-order chi connectivity index (χ1) is 8.04. The van der Waals surface area contributed by atoms with Crippen LogP contribution in [0.5, 0.6) is 5.75 Å².